The van der Waals surface area contributed by atoms with Crippen LogP contribution < -0.4 is 5.73 Å². The molecule has 68 valence electrons. The zero-order valence-electron chi connectivity index (χ0n) is 7.74. The first-order chi connectivity index (χ1) is 6.36. The van der Waals surface area contributed by atoms with Crippen molar-refractivity contribution in [3.8, 4) is 0 Å². The lowest BCUT2D eigenvalue weighted by molar-refractivity contribution is 0.866. The second-order valence-corrected chi connectivity index (χ2v) is 3.71. The van der Waals surface area contributed by atoms with Crippen LogP contribution in [0.2, 0.25) is 0 Å². The highest BCUT2D eigenvalue weighted by atomic mass is 14.5. The smallest absolute Gasteiger partial charge is 0.0387 e. The van der Waals surface area contributed by atoms with Crippen LogP contribution in [0.4, 0.5) is 5.69 Å². The zero-order chi connectivity index (χ0) is 9.10. The summed E-state index contributed by atoms with van der Waals surface area (Å²) < 4.78 is 0. The average molecular weight is 173 g/mol. The Balaban J connectivity index is 1.99. The summed E-state index contributed by atoms with van der Waals surface area (Å²) in [5.41, 5.74) is 7.81. The highest BCUT2D eigenvalue weighted by Gasteiger charge is 2.18. The Morgan fingerprint density at radius 1 is 1.31 bits per heavy atom. The molecule has 0 atom stereocenters. The molecule has 1 nitrogen and oxygen atoms in total. The van der Waals surface area contributed by atoms with Crippen LogP contribution in [0.1, 0.15) is 24.8 Å². The number of para-hydroxylation sites is 1. The molecular weight excluding hydrogens is 158 g/mol. The standard InChI is InChI=1S/C12H15N/c13-12-7-2-1-5-11(12)6-3-4-10-8-9-10/h1-3,5-7,10H,4,8-9,13H2/b6-3-. The number of benzene rings is 1. The number of allylic oxidation sites excluding steroid dienone is 1. The number of nitrogen functional groups attached to an aromatic ring is 1. The predicted molar refractivity (Wildman–Crippen MR) is 57.2 cm³/mol. The van der Waals surface area contributed by atoms with Gasteiger partial charge in [0.05, 0.1) is 0 Å². The SMILES string of the molecule is Nc1ccccc1/C=C\CC1CC1. The van der Waals surface area contributed by atoms with E-state index in [-0.39, 0.29) is 0 Å². The second-order valence-electron chi connectivity index (χ2n) is 3.71. The maximum absolute atomic E-state index is 5.80. The third kappa shape index (κ3) is 2.35. The van der Waals surface area contributed by atoms with Crippen molar-refractivity contribution in [3.05, 3.63) is 35.9 Å². The third-order valence-electron chi connectivity index (χ3n) is 2.46. The molecule has 1 saturated carbocycles. The van der Waals surface area contributed by atoms with E-state index in [0.29, 0.717) is 0 Å². The van der Waals surface area contributed by atoms with Crippen molar-refractivity contribution >= 4 is 11.8 Å². The predicted octanol–water partition coefficient (Wildman–Crippen LogP) is 3.08. The van der Waals surface area contributed by atoms with Gasteiger partial charge in [-0.2, -0.15) is 0 Å². The minimum absolute atomic E-state index is 0.870. The molecule has 13 heavy (non-hydrogen) atoms. The molecule has 1 aliphatic rings. The molecule has 0 aromatic heterocycles. The molecule has 0 bridgehead atoms. The highest BCUT2D eigenvalue weighted by molar-refractivity contribution is 5.63. The summed E-state index contributed by atoms with van der Waals surface area (Å²) in [6, 6.07) is 7.98. The monoisotopic (exact) mass is 173 g/mol. The number of hydrogen-bond donors (Lipinski definition) is 1. The Morgan fingerprint density at radius 3 is 2.77 bits per heavy atom. The van der Waals surface area contributed by atoms with Gasteiger partial charge in [-0.05, 0) is 36.8 Å². The fourth-order valence-corrected chi connectivity index (χ4v) is 1.40. The minimum atomic E-state index is 0.870. The van der Waals surface area contributed by atoms with E-state index in [2.05, 4.69) is 18.2 Å². The van der Waals surface area contributed by atoms with Crippen LogP contribution in [-0.2, 0) is 0 Å². The van der Waals surface area contributed by atoms with Crippen LogP contribution in [0.25, 0.3) is 6.08 Å². The van der Waals surface area contributed by atoms with Gasteiger partial charge in [0.25, 0.3) is 0 Å². The van der Waals surface area contributed by atoms with Crippen LogP contribution in [0.5, 0.6) is 0 Å². The van der Waals surface area contributed by atoms with Crippen molar-refractivity contribution in [2.75, 3.05) is 5.73 Å². The summed E-state index contributed by atoms with van der Waals surface area (Å²) in [6.07, 6.45) is 8.41. The molecule has 0 saturated heterocycles. The topological polar surface area (TPSA) is 26.0 Å². The molecule has 1 aliphatic carbocycles. The minimum Gasteiger partial charge on any atom is -0.398 e. The third-order valence-corrected chi connectivity index (χ3v) is 2.46. The Labute approximate surface area is 79.3 Å². The van der Waals surface area contributed by atoms with E-state index in [9.17, 15) is 0 Å². The lowest BCUT2D eigenvalue weighted by atomic mass is 10.1. The zero-order valence-corrected chi connectivity index (χ0v) is 7.74. The van der Waals surface area contributed by atoms with Crippen LogP contribution >= 0.6 is 0 Å². The van der Waals surface area contributed by atoms with Gasteiger partial charge in [0.2, 0.25) is 0 Å². The first-order valence-corrected chi connectivity index (χ1v) is 4.87. The molecular formula is C12H15N. The lowest BCUT2D eigenvalue weighted by Crippen LogP contribution is -1.87. The first kappa shape index (κ1) is 8.36. The molecule has 0 amide bonds. The van der Waals surface area contributed by atoms with Gasteiger partial charge in [0.1, 0.15) is 0 Å². The molecule has 0 heterocycles. The van der Waals surface area contributed by atoms with Crippen molar-refractivity contribution in [2.45, 2.75) is 19.3 Å². The fourth-order valence-electron chi connectivity index (χ4n) is 1.40. The fraction of sp³-hybridized carbons (Fsp3) is 0.333. The summed E-state index contributed by atoms with van der Waals surface area (Å²) >= 11 is 0. The van der Waals surface area contributed by atoms with Crippen LogP contribution in [-0.4, -0.2) is 0 Å². The molecule has 1 fully saturated rings. The van der Waals surface area contributed by atoms with E-state index in [0.717, 1.165) is 17.2 Å². The summed E-state index contributed by atoms with van der Waals surface area (Å²) in [5, 5.41) is 0. The molecule has 2 rings (SSSR count). The Kier molecular flexibility index (Phi) is 2.35. The van der Waals surface area contributed by atoms with Gasteiger partial charge in [-0.15, -0.1) is 0 Å². The number of hydrogen-bond acceptors (Lipinski definition) is 1. The van der Waals surface area contributed by atoms with Gasteiger partial charge < -0.3 is 5.73 Å². The maximum atomic E-state index is 5.80. The van der Waals surface area contributed by atoms with E-state index in [4.69, 9.17) is 5.73 Å². The molecule has 0 aliphatic heterocycles. The van der Waals surface area contributed by atoms with Crippen molar-refractivity contribution in [2.24, 2.45) is 5.92 Å². The summed E-state index contributed by atoms with van der Waals surface area (Å²) in [6.45, 7) is 0. The molecule has 2 N–H and O–H groups in total. The first-order valence-electron chi connectivity index (χ1n) is 4.87. The molecule has 0 spiro atoms. The average Bonchev–Trinajstić information content (AvgIpc) is 2.92. The number of nitrogens with two attached hydrogens (primary N) is 1. The van der Waals surface area contributed by atoms with E-state index >= 15 is 0 Å². The number of anilines is 1. The van der Waals surface area contributed by atoms with Gasteiger partial charge in [-0.1, -0.05) is 30.4 Å². The van der Waals surface area contributed by atoms with E-state index in [1.807, 2.05) is 18.2 Å². The lowest BCUT2D eigenvalue weighted by Gasteiger charge is -1.97. The Hall–Kier alpha value is -1.24. The van der Waals surface area contributed by atoms with Crippen molar-refractivity contribution in [1.82, 2.24) is 0 Å². The van der Waals surface area contributed by atoms with Gasteiger partial charge in [0, 0.05) is 5.69 Å². The van der Waals surface area contributed by atoms with Gasteiger partial charge in [-0.25, -0.2) is 0 Å². The van der Waals surface area contributed by atoms with E-state index < -0.39 is 0 Å². The van der Waals surface area contributed by atoms with Crippen LogP contribution in [0, 0.1) is 5.92 Å². The van der Waals surface area contributed by atoms with Crippen molar-refractivity contribution in [1.29, 1.82) is 0 Å². The van der Waals surface area contributed by atoms with E-state index in [1.54, 1.807) is 0 Å². The summed E-state index contributed by atoms with van der Waals surface area (Å²) in [4.78, 5) is 0. The quantitative estimate of drug-likeness (QED) is 0.698. The highest BCUT2D eigenvalue weighted by Crippen LogP contribution is 2.32. The maximum Gasteiger partial charge on any atom is 0.0387 e. The van der Waals surface area contributed by atoms with E-state index in [1.165, 1.54) is 19.3 Å². The summed E-state index contributed by atoms with van der Waals surface area (Å²) in [5.74, 6) is 0.959. The Bertz CT molecular complexity index is 311. The van der Waals surface area contributed by atoms with Crippen LogP contribution in [0.3, 0.4) is 0 Å². The molecule has 1 aromatic carbocycles. The summed E-state index contributed by atoms with van der Waals surface area (Å²) in [7, 11) is 0. The number of rotatable bonds is 3. The van der Waals surface area contributed by atoms with Crippen LogP contribution in [0.15, 0.2) is 30.3 Å². The van der Waals surface area contributed by atoms with Crippen molar-refractivity contribution < 1.29 is 0 Å². The molecule has 0 unspecified atom stereocenters. The normalized spacial score (nSPS) is 16.6. The van der Waals surface area contributed by atoms with Crippen molar-refractivity contribution in [3.63, 3.8) is 0 Å². The second kappa shape index (κ2) is 3.65. The molecule has 1 heteroatoms. The van der Waals surface area contributed by atoms with Gasteiger partial charge >= 0.3 is 0 Å². The largest absolute Gasteiger partial charge is 0.398 e. The van der Waals surface area contributed by atoms with Gasteiger partial charge in [0.15, 0.2) is 0 Å². The van der Waals surface area contributed by atoms with Gasteiger partial charge in [-0.3, -0.25) is 0 Å². The molecule has 1 aromatic rings. The molecule has 0 radical (unpaired) electrons. The Morgan fingerprint density at radius 2 is 2.08 bits per heavy atom.